The van der Waals surface area contributed by atoms with E-state index in [0.29, 0.717) is 19.4 Å². The molecule has 2 rings (SSSR count). The molecule has 0 unspecified atom stereocenters. The molecule has 7 heteroatoms. The number of unbranched alkanes of at least 4 members (excludes halogenated alkanes) is 1. The van der Waals surface area contributed by atoms with Crippen LogP contribution in [0, 0.1) is 11.6 Å². The van der Waals surface area contributed by atoms with Crippen molar-refractivity contribution in [2.45, 2.75) is 32.2 Å². The van der Waals surface area contributed by atoms with Gasteiger partial charge in [-0.2, -0.15) is 0 Å². The molecule has 4 nitrogen and oxygen atoms in total. The van der Waals surface area contributed by atoms with Crippen LogP contribution >= 0.6 is 0 Å². The SMILES string of the molecule is CCCCN(C(=O)c1c(F)cccc1F)[C@H]1CCS(=O)(=O)C1. The van der Waals surface area contributed by atoms with Crippen LogP contribution in [-0.4, -0.2) is 43.3 Å². The van der Waals surface area contributed by atoms with E-state index in [-0.39, 0.29) is 11.5 Å². The zero-order chi connectivity index (χ0) is 16.3. The Morgan fingerprint density at radius 1 is 1.32 bits per heavy atom. The highest BCUT2D eigenvalue weighted by molar-refractivity contribution is 7.91. The summed E-state index contributed by atoms with van der Waals surface area (Å²) in [5.74, 6) is -2.75. The summed E-state index contributed by atoms with van der Waals surface area (Å²) in [6, 6.07) is 2.74. The lowest BCUT2D eigenvalue weighted by molar-refractivity contribution is 0.0684. The van der Waals surface area contributed by atoms with E-state index in [4.69, 9.17) is 0 Å². The average Bonchev–Trinajstić information content (AvgIpc) is 2.79. The maximum atomic E-state index is 13.8. The molecule has 1 aromatic rings. The Labute approximate surface area is 129 Å². The number of hydrogen-bond acceptors (Lipinski definition) is 3. The van der Waals surface area contributed by atoms with Crippen molar-refractivity contribution in [2.24, 2.45) is 0 Å². The van der Waals surface area contributed by atoms with Crippen LogP contribution in [0.5, 0.6) is 0 Å². The zero-order valence-electron chi connectivity index (χ0n) is 12.4. The highest BCUT2D eigenvalue weighted by atomic mass is 32.2. The highest BCUT2D eigenvalue weighted by Gasteiger charge is 2.36. The summed E-state index contributed by atoms with van der Waals surface area (Å²) in [7, 11) is -3.18. The largest absolute Gasteiger partial charge is 0.334 e. The standard InChI is InChI=1S/C15H19F2NO3S/c1-2-3-8-18(11-7-9-22(20,21)10-11)15(19)14-12(16)5-4-6-13(14)17/h4-6,11H,2-3,7-10H2,1H3/t11-/m0/s1. The molecule has 0 radical (unpaired) electrons. The molecule has 1 aliphatic rings. The van der Waals surface area contributed by atoms with E-state index in [1.165, 1.54) is 11.0 Å². The first kappa shape index (κ1) is 16.9. The number of carbonyl (C=O) groups is 1. The number of sulfone groups is 1. The number of carbonyl (C=O) groups excluding carboxylic acids is 1. The smallest absolute Gasteiger partial charge is 0.260 e. The summed E-state index contributed by atoms with van der Waals surface area (Å²) in [4.78, 5) is 13.9. The van der Waals surface area contributed by atoms with Gasteiger partial charge in [0.2, 0.25) is 0 Å². The first-order chi connectivity index (χ1) is 10.4. The predicted octanol–water partition coefficient (Wildman–Crippen LogP) is 2.39. The first-order valence-corrected chi connectivity index (χ1v) is 9.13. The van der Waals surface area contributed by atoms with E-state index in [2.05, 4.69) is 0 Å². The van der Waals surface area contributed by atoms with Crippen molar-refractivity contribution >= 4 is 15.7 Å². The lowest BCUT2D eigenvalue weighted by atomic mass is 10.1. The summed E-state index contributed by atoms with van der Waals surface area (Å²) in [5.41, 5.74) is -0.608. The Morgan fingerprint density at radius 2 is 1.95 bits per heavy atom. The van der Waals surface area contributed by atoms with Gasteiger partial charge in [0.15, 0.2) is 9.84 Å². The van der Waals surface area contributed by atoms with E-state index < -0.39 is 39.0 Å². The van der Waals surface area contributed by atoms with Crippen LogP contribution in [0.25, 0.3) is 0 Å². The Morgan fingerprint density at radius 3 is 2.45 bits per heavy atom. The molecule has 0 bridgehead atoms. The minimum absolute atomic E-state index is 0.00727. The Bertz CT molecular complexity index is 641. The molecule has 0 saturated carbocycles. The molecule has 22 heavy (non-hydrogen) atoms. The molecule has 0 aliphatic carbocycles. The minimum Gasteiger partial charge on any atom is -0.334 e. The minimum atomic E-state index is -3.18. The Hall–Kier alpha value is -1.50. The maximum absolute atomic E-state index is 13.8. The number of halogens is 2. The van der Waals surface area contributed by atoms with Gasteiger partial charge in [0, 0.05) is 12.6 Å². The van der Waals surface area contributed by atoms with Crippen molar-refractivity contribution in [3.8, 4) is 0 Å². The van der Waals surface area contributed by atoms with Crippen molar-refractivity contribution in [1.82, 2.24) is 4.90 Å². The van der Waals surface area contributed by atoms with Gasteiger partial charge in [-0.3, -0.25) is 4.79 Å². The van der Waals surface area contributed by atoms with E-state index >= 15 is 0 Å². The summed E-state index contributed by atoms with van der Waals surface area (Å²) >= 11 is 0. The van der Waals surface area contributed by atoms with E-state index in [9.17, 15) is 22.0 Å². The van der Waals surface area contributed by atoms with E-state index in [1.807, 2.05) is 6.92 Å². The quantitative estimate of drug-likeness (QED) is 0.832. The number of nitrogens with zero attached hydrogens (tertiary/aromatic N) is 1. The molecular formula is C15H19F2NO3S. The van der Waals surface area contributed by atoms with Gasteiger partial charge in [-0.15, -0.1) is 0 Å². The topological polar surface area (TPSA) is 54.5 Å². The van der Waals surface area contributed by atoms with E-state index in [0.717, 1.165) is 18.6 Å². The zero-order valence-corrected chi connectivity index (χ0v) is 13.2. The monoisotopic (exact) mass is 331 g/mol. The summed E-state index contributed by atoms with van der Waals surface area (Å²) in [6.45, 7) is 2.22. The molecule has 1 heterocycles. The molecule has 1 aromatic carbocycles. The molecule has 1 atom stereocenters. The van der Waals surface area contributed by atoms with Crippen molar-refractivity contribution < 1.29 is 22.0 Å². The van der Waals surface area contributed by atoms with Gasteiger partial charge in [-0.05, 0) is 25.0 Å². The van der Waals surface area contributed by atoms with Gasteiger partial charge in [-0.1, -0.05) is 19.4 Å². The number of rotatable bonds is 5. The highest BCUT2D eigenvalue weighted by Crippen LogP contribution is 2.23. The normalized spacial score (nSPS) is 20.0. The van der Waals surface area contributed by atoms with Gasteiger partial charge >= 0.3 is 0 Å². The number of hydrogen-bond donors (Lipinski definition) is 0. The summed E-state index contributed by atoms with van der Waals surface area (Å²) < 4.78 is 50.9. The third-order valence-corrected chi connectivity index (χ3v) is 5.59. The van der Waals surface area contributed by atoms with Crippen LogP contribution in [0.15, 0.2) is 18.2 Å². The van der Waals surface area contributed by atoms with Gasteiger partial charge < -0.3 is 4.90 Å². The Balaban J connectivity index is 2.31. The summed E-state index contributed by atoms with van der Waals surface area (Å²) in [6.07, 6.45) is 1.76. The van der Waals surface area contributed by atoms with Gasteiger partial charge in [-0.25, -0.2) is 17.2 Å². The summed E-state index contributed by atoms with van der Waals surface area (Å²) in [5, 5.41) is 0. The van der Waals surface area contributed by atoms with Gasteiger partial charge in [0.25, 0.3) is 5.91 Å². The van der Waals surface area contributed by atoms with Crippen LogP contribution in [0.4, 0.5) is 8.78 Å². The van der Waals surface area contributed by atoms with Crippen LogP contribution in [-0.2, 0) is 9.84 Å². The van der Waals surface area contributed by atoms with Gasteiger partial charge in [0.05, 0.1) is 11.5 Å². The van der Waals surface area contributed by atoms with E-state index in [1.54, 1.807) is 0 Å². The fourth-order valence-corrected chi connectivity index (χ4v) is 4.38. The van der Waals surface area contributed by atoms with Crippen LogP contribution in [0.1, 0.15) is 36.5 Å². The second kappa shape index (κ2) is 6.73. The molecule has 1 fully saturated rings. The molecule has 1 saturated heterocycles. The third kappa shape index (κ3) is 3.63. The van der Waals surface area contributed by atoms with Crippen molar-refractivity contribution in [3.63, 3.8) is 0 Å². The Kier molecular flexibility index (Phi) is 5.16. The molecule has 0 spiro atoms. The lowest BCUT2D eigenvalue weighted by Crippen LogP contribution is -2.42. The fourth-order valence-electron chi connectivity index (χ4n) is 2.65. The predicted molar refractivity (Wildman–Crippen MR) is 79.4 cm³/mol. The molecule has 1 aliphatic heterocycles. The maximum Gasteiger partial charge on any atom is 0.260 e. The second-order valence-corrected chi connectivity index (χ2v) is 7.73. The molecule has 1 amide bonds. The lowest BCUT2D eigenvalue weighted by Gasteiger charge is -2.28. The van der Waals surface area contributed by atoms with Crippen LogP contribution < -0.4 is 0 Å². The fraction of sp³-hybridized carbons (Fsp3) is 0.533. The molecule has 0 aromatic heterocycles. The third-order valence-electron chi connectivity index (χ3n) is 3.84. The van der Waals surface area contributed by atoms with Crippen LogP contribution in [0.2, 0.25) is 0 Å². The molecular weight excluding hydrogens is 312 g/mol. The second-order valence-electron chi connectivity index (χ2n) is 5.51. The van der Waals surface area contributed by atoms with Crippen molar-refractivity contribution in [2.75, 3.05) is 18.1 Å². The first-order valence-electron chi connectivity index (χ1n) is 7.31. The van der Waals surface area contributed by atoms with Crippen LogP contribution in [0.3, 0.4) is 0 Å². The number of benzene rings is 1. The number of amides is 1. The molecule has 0 N–H and O–H groups in total. The molecule has 122 valence electrons. The van der Waals surface area contributed by atoms with Crippen molar-refractivity contribution in [3.05, 3.63) is 35.4 Å². The van der Waals surface area contributed by atoms with Gasteiger partial charge in [0.1, 0.15) is 17.2 Å². The average molecular weight is 331 g/mol. The van der Waals surface area contributed by atoms with Crippen molar-refractivity contribution in [1.29, 1.82) is 0 Å².